The Morgan fingerprint density at radius 2 is 2.31 bits per heavy atom. The second-order valence-corrected chi connectivity index (χ2v) is 9.48. The lowest BCUT2D eigenvalue weighted by Gasteiger charge is -2.28. The van der Waals surface area contributed by atoms with Gasteiger partial charge in [0.25, 0.3) is 5.91 Å². The maximum absolute atomic E-state index is 12.8. The first-order valence-electron chi connectivity index (χ1n) is 8.86. The number of hydrogen-bond acceptors (Lipinski definition) is 4. The monoisotopic (exact) mass is 396 g/mol. The van der Waals surface area contributed by atoms with Crippen LogP contribution in [0.25, 0.3) is 0 Å². The van der Waals surface area contributed by atoms with Crippen molar-refractivity contribution in [1.82, 2.24) is 4.90 Å². The van der Waals surface area contributed by atoms with E-state index in [1.54, 1.807) is 30.0 Å². The van der Waals surface area contributed by atoms with Crippen molar-refractivity contribution in [3.8, 4) is 5.75 Å². The quantitative estimate of drug-likeness (QED) is 0.766. The molecule has 0 N–H and O–H groups in total. The lowest BCUT2D eigenvalue weighted by Crippen LogP contribution is -2.36. The van der Waals surface area contributed by atoms with Gasteiger partial charge in [-0.1, -0.05) is 23.4 Å². The Labute approximate surface area is 164 Å². The second kappa shape index (κ2) is 8.19. The number of halogens is 1. The number of nitrogens with zero attached hydrogens (tertiary/aromatic N) is 2. The summed E-state index contributed by atoms with van der Waals surface area (Å²) < 4.78 is 10.9. The van der Waals surface area contributed by atoms with Gasteiger partial charge in [0.15, 0.2) is 5.17 Å². The maximum Gasteiger partial charge on any atom is 0.283 e. The minimum absolute atomic E-state index is 0.0209. The number of ether oxygens (including phenoxy) is 2. The van der Waals surface area contributed by atoms with Crippen LogP contribution in [0.15, 0.2) is 23.2 Å². The molecule has 1 amide bonds. The van der Waals surface area contributed by atoms with Gasteiger partial charge in [0.2, 0.25) is 0 Å². The van der Waals surface area contributed by atoms with Crippen molar-refractivity contribution in [2.45, 2.75) is 31.4 Å². The van der Waals surface area contributed by atoms with Crippen LogP contribution in [-0.2, 0) is 4.74 Å². The number of rotatable bonds is 4. The standard InChI is InChI=1S/C19H25ClN2O3S/c1-19(2)12-22(10-13-5-4-8-25-11-13)18(26-19)21-17(23)15-9-14(20)6-7-16(15)24-3/h6-7,9,13H,4-5,8,10-12H2,1-3H3. The molecule has 2 fully saturated rings. The highest BCUT2D eigenvalue weighted by Gasteiger charge is 2.37. The Kier molecular flexibility index (Phi) is 6.15. The van der Waals surface area contributed by atoms with Crippen LogP contribution in [-0.4, -0.2) is 54.1 Å². The summed E-state index contributed by atoms with van der Waals surface area (Å²) in [7, 11) is 1.54. The van der Waals surface area contributed by atoms with E-state index < -0.39 is 0 Å². The van der Waals surface area contributed by atoms with Gasteiger partial charge in [-0.25, -0.2) is 0 Å². The van der Waals surface area contributed by atoms with Gasteiger partial charge >= 0.3 is 0 Å². The zero-order valence-electron chi connectivity index (χ0n) is 15.5. The van der Waals surface area contributed by atoms with Crippen molar-refractivity contribution in [2.75, 3.05) is 33.4 Å². The molecule has 3 rings (SSSR count). The summed E-state index contributed by atoms with van der Waals surface area (Å²) in [6.45, 7) is 7.72. The first-order valence-corrected chi connectivity index (χ1v) is 10.1. The zero-order valence-corrected chi connectivity index (χ0v) is 17.0. The molecule has 1 aromatic rings. The number of thioether (sulfide) groups is 1. The van der Waals surface area contributed by atoms with Gasteiger partial charge in [-0.15, -0.1) is 0 Å². The molecule has 1 unspecified atom stereocenters. The minimum Gasteiger partial charge on any atom is -0.496 e. The molecule has 2 aliphatic heterocycles. The number of carbonyl (C=O) groups excluding carboxylic acids is 1. The molecule has 0 spiro atoms. The number of carbonyl (C=O) groups is 1. The normalized spacial score (nSPS) is 24.1. The van der Waals surface area contributed by atoms with E-state index in [0.29, 0.717) is 22.3 Å². The molecule has 142 valence electrons. The van der Waals surface area contributed by atoms with Gasteiger partial charge in [0, 0.05) is 29.5 Å². The molecule has 0 bridgehead atoms. The number of amidine groups is 1. The molecule has 0 radical (unpaired) electrons. The average Bonchev–Trinajstić information content (AvgIpc) is 2.89. The Morgan fingerprint density at radius 3 is 3.00 bits per heavy atom. The molecular weight excluding hydrogens is 372 g/mol. The molecule has 26 heavy (non-hydrogen) atoms. The molecule has 0 aliphatic carbocycles. The molecule has 5 nitrogen and oxygen atoms in total. The molecule has 2 heterocycles. The van der Waals surface area contributed by atoms with E-state index >= 15 is 0 Å². The molecule has 1 aromatic carbocycles. The predicted octanol–water partition coefficient (Wildman–Crippen LogP) is 4.10. The molecule has 2 aliphatic rings. The summed E-state index contributed by atoms with van der Waals surface area (Å²) in [4.78, 5) is 19.4. The molecule has 1 atom stereocenters. The van der Waals surface area contributed by atoms with Crippen molar-refractivity contribution < 1.29 is 14.3 Å². The Balaban J connectivity index is 1.82. The summed E-state index contributed by atoms with van der Waals surface area (Å²) in [6, 6.07) is 5.00. The van der Waals surface area contributed by atoms with Crippen LogP contribution in [0.3, 0.4) is 0 Å². The third-order valence-electron chi connectivity index (χ3n) is 4.53. The highest BCUT2D eigenvalue weighted by molar-refractivity contribution is 8.15. The molecule has 7 heteroatoms. The van der Waals surface area contributed by atoms with Crippen LogP contribution in [0, 0.1) is 5.92 Å². The highest BCUT2D eigenvalue weighted by atomic mass is 35.5. The fraction of sp³-hybridized carbons (Fsp3) is 0.579. The van der Waals surface area contributed by atoms with Crippen LogP contribution >= 0.6 is 23.4 Å². The lowest BCUT2D eigenvalue weighted by molar-refractivity contribution is 0.0468. The van der Waals surface area contributed by atoms with E-state index in [4.69, 9.17) is 21.1 Å². The van der Waals surface area contributed by atoms with Gasteiger partial charge in [-0.05, 0) is 50.8 Å². The Bertz CT molecular complexity index is 702. The smallest absolute Gasteiger partial charge is 0.283 e. The van der Waals surface area contributed by atoms with Gasteiger partial charge < -0.3 is 14.4 Å². The average molecular weight is 397 g/mol. The van der Waals surface area contributed by atoms with Crippen molar-refractivity contribution in [1.29, 1.82) is 0 Å². The zero-order chi connectivity index (χ0) is 18.7. The second-order valence-electron chi connectivity index (χ2n) is 7.37. The number of benzene rings is 1. The third-order valence-corrected chi connectivity index (χ3v) is 5.98. The van der Waals surface area contributed by atoms with Gasteiger partial charge in [0.05, 0.1) is 19.3 Å². The summed E-state index contributed by atoms with van der Waals surface area (Å²) in [5, 5.41) is 1.26. The fourth-order valence-corrected chi connectivity index (χ4v) is 4.65. The van der Waals surface area contributed by atoms with Crippen molar-refractivity contribution >= 4 is 34.4 Å². The van der Waals surface area contributed by atoms with Gasteiger partial charge in [-0.2, -0.15) is 4.99 Å². The SMILES string of the molecule is COc1ccc(Cl)cc1C(=O)N=C1SC(C)(C)CN1CC1CCCOC1. The largest absolute Gasteiger partial charge is 0.496 e. The first-order chi connectivity index (χ1) is 12.4. The Morgan fingerprint density at radius 1 is 1.50 bits per heavy atom. The maximum atomic E-state index is 12.8. The predicted molar refractivity (Wildman–Crippen MR) is 107 cm³/mol. The van der Waals surface area contributed by atoms with Crippen molar-refractivity contribution in [2.24, 2.45) is 10.9 Å². The van der Waals surface area contributed by atoms with E-state index in [0.717, 1.165) is 44.3 Å². The van der Waals surface area contributed by atoms with E-state index in [2.05, 4.69) is 23.7 Å². The van der Waals surface area contributed by atoms with Crippen LogP contribution < -0.4 is 4.74 Å². The number of methoxy groups -OCH3 is 1. The summed E-state index contributed by atoms with van der Waals surface area (Å²) in [5.41, 5.74) is 0.388. The van der Waals surface area contributed by atoms with Crippen molar-refractivity contribution in [3.63, 3.8) is 0 Å². The van der Waals surface area contributed by atoms with Crippen LogP contribution in [0.5, 0.6) is 5.75 Å². The molecule has 0 aromatic heterocycles. The first kappa shape index (κ1) is 19.5. The van der Waals surface area contributed by atoms with E-state index in [-0.39, 0.29) is 10.7 Å². The van der Waals surface area contributed by atoms with E-state index in [1.807, 2.05) is 0 Å². The lowest BCUT2D eigenvalue weighted by atomic mass is 10.0. The minimum atomic E-state index is -0.325. The number of amides is 1. The van der Waals surface area contributed by atoms with E-state index in [1.165, 1.54) is 7.11 Å². The van der Waals surface area contributed by atoms with Crippen LogP contribution in [0.2, 0.25) is 5.02 Å². The van der Waals surface area contributed by atoms with Crippen molar-refractivity contribution in [3.05, 3.63) is 28.8 Å². The van der Waals surface area contributed by atoms with E-state index in [9.17, 15) is 4.79 Å². The third kappa shape index (κ3) is 4.72. The molecular formula is C19H25ClN2O3S. The number of hydrogen-bond donors (Lipinski definition) is 0. The Hall–Kier alpha value is -1.24. The fourth-order valence-electron chi connectivity index (χ4n) is 3.36. The van der Waals surface area contributed by atoms with Gasteiger partial charge in [-0.3, -0.25) is 4.79 Å². The molecule has 2 saturated heterocycles. The van der Waals surface area contributed by atoms with Crippen LogP contribution in [0.4, 0.5) is 0 Å². The van der Waals surface area contributed by atoms with Crippen LogP contribution in [0.1, 0.15) is 37.0 Å². The number of aliphatic imine (C=N–C) groups is 1. The summed E-state index contributed by atoms with van der Waals surface area (Å²) in [5.74, 6) is 0.645. The highest BCUT2D eigenvalue weighted by Crippen LogP contribution is 2.37. The topological polar surface area (TPSA) is 51.1 Å². The summed E-state index contributed by atoms with van der Waals surface area (Å²) >= 11 is 7.70. The molecule has 0 saturated carbocycles. The van der Waals surface area contributed by atoms with Gasteiger partial charge in [0.1, 0.15) is 5.75 Å². The summed E-state index contributed by atoms with van der Waals surface area (Å²) in [6.07, 6.45) is 2.26.